The van der Waals surface area contributed by atoms with Crippen LogP contribution in [0.3, 0.4) is 0 Å². The number of hydrogen-bond acceptors (Lipinski definition) is 3. The largest absolute Gasteiger partial charge is 0.299 e. The molecule has 1 N–H and O–H groups in total. The maximum Gasteiger partial charge on any atom is 0.277 e. The number of hydrogen-bond donors (Lipinski definition) is 1. The van der Waals surface area contributed by atoms with Gasteiger partial charge in [-0.3, -0.25) is 24.4 Å². The minimum atomic E-state index is -0.314. The molecule has 2 aromatic heterocycles. The van der Waals surface area contributed by atoms with E-state index in [1.807, 2.05) is 0 Å². The van der Waals surface area contributed by atoms with E-state index in [9.17, 15) is 9.59 Å². The average Bonchev–Trinajstić information content (AvgIpc) is 2.54. The minimum absolute atomic E-state index is 0.176. The lowest BCUT2D eigenvalue weighted by molar-refractivity contribution is 0.103. The number of pyridine rings is 1. The van der Waals surface area contributed by atoms with Crippen LogP contribution in [0.15, 0.2) is 29.3 Å². The van der Waals surface area contributed by atoms with E-state index in [0.29, 0.717) is 11.3 Å². The number of H-pyrrole nitrogens is 1. The van der Waals surface area contributed by atoms with Crippen molar-refractivity contribution in [3.8, 4) is 0 Å². The van der Waals surface area contributed by atoms with Gasteiger partial charge in [-0.2, -0.15) is 0 Å². The molecule has 0 amide bonds. The van der Waals surface area contributed by atoms with Gasteiger partial charge in [0.05, 0.1) is 0 Å². The SMILES string of the molecule is Cc1[nH]n(C)c(=O)c1C(=O)c1cccnc1. The Labute approximate surface area is 91.7 Å². The highest BCUT2D eigenvalue weighted by Crippen LogP contribution is 2.07. The first kappa shape index (κ1) is 10.4. The van der Waals surface area contributed by atoms with E-state index in [4.69, 9.17) is 0 Å². The Morgan fingerprint density at radius 1 is 1.50 bits per heavy atom. The summed E-state index contributed by atoms with van der Waals surface area (Å²) >= 11 is 0. The summed E-state index contributed by atoms with van der Waals surface area (Å²) in [6.07, 6.45) is 3.03. The fraction of sp³-hybridized carbons (Fsp3) is 0.182. The molecule has 0 fully saturated rings. The Morgan fingerprint density at radius 2 is 2.25 bits per heavy atom. The number of carbonyl (C=O) groups excluding carboxylic acids is 1. The summed E-state index contributed by atoms with van der Waals surface area (Å²) in [6.45, 7) is 1.70. The van der Waals surface area contributed by atoms with Gasteiger partial charge in [0.15, 0.2) is 0 Å². The van der Waals surface area contributed by atoms with Crippen molar-refractivity contribution in [1.29, 1.82) is 0 Å². The maximum absolute atomic E-state index is 12.0. The van der Waals surface area contributed by atoms with E-state index in [1.54, 1.807) is 32.3 Å². The van der Waals surface area contributed by atoms with E-state index in [-0.39, 0.29) is 16.9 Å². The van der Waals surface area contributed by atoms with Crippen molar-refractivity contribution in [2.75, 3.05) is 0 Å². The molecule has 16 heavy (non-hydrogen) atoms. The Bertz CT molecular complexity index is 581. The van der Waals surface area contributed by atoms with Crippen molar-refractivity contribution in [3.63, 3.8) is 0 Å². The van der Waals surface area contributed by atoms with Crippen LogP contribution in [0.2, 0.25) is 0 Å². The van der Waals surface area contributed by atoms with Crippen LogP contribution in [0.5, 0.6) is 0 Å². The van der Waals surface area contributed by atoms with E-state index >= 15 is 0 Å². The van der Waals surface area contributed by atoms with Gasteiger partial charge in [0.25, 0.3) is 5.56 Å². The lowest BCUT2D eigenvalue weighted by Gasteiger charge is -1.96. The summed E-state index contributed by atoms with van der Waals surface area (Å²) in [5, 5.41) is 2.79. The zero-order chi connectivity index (χ0) is 11.7. The van der Waals surface area contributed by atoms with Crippen molar-refractivity contribution in [2.24, 2.45) is 7.05 Å². The Hall–Kier alpha value is -2.17. The van der Waals surface area contributed by atoms with Crippen LogP contribution < -0.4 is 5.56 Å². The molecule has 0 radical (unpaired) electrons. The monoisotopic (exact) mass is 217 g/mol. The summed E-state index contributed by atoms with van der Waals surface area (Å²) in [5.74, 6) is -0.299. The first-order chi connectivity index (χ1) is 7.61. The van der Waals surface area contributed by atoms with Crippen LogP contribution in [0.1, 0.15) is 21.6 Å². The first-order valence-electron chi connectivity index (χ1n) is 4.81. The highest BCUT2D eigenvalue weighted by molar-refractivity contribution is 6.09. The molecule has 0 aliphatic rings. The second-order valence-corrected chi connectivity index (χ2v) is 3.55. The predicted molar refractivity (Wildman–Crippen MR) is 58.4 cm³/mol. The van der Waals surface area contributed by atoms with Gasteiger partial charge in [0.1, 0.15) is 5.56 Å². The van der Waals surface area contributed by atoms with E-state index in [2.05, 4.69) is 10.1 Å². The van der Waals surface area contributed by atoms with Crippen molar-refractivity contribution in [1.82, 2.24) is 14.8 Å². The summed E-state index contributed by atoms with van der Waals surface area (Å²) in [6, 6.07) is 3.31. The lowest BCUT2D eigenvalue weighted by atomic mass is 10.1. The third kappa shape index (κ3) is 1.56. The molecule has 0 spiro atoms. The molecule has 0 atom stereocenters. The van der Waals surface area contributed by atoms with Crippen LogP contribution in [0.4, 0.5) is 0 Å². The number of aromatic nitrogens is 3. The molecule has 0 aliphatic heterocycles. The molecule has 0 saturated carbocycles. The predicted octanol–water partition coefficient (Wildman–Crippen LogP) is 0.648. The Balaban J connectivity index is 2.55. The molecule has 5 nitrogen and oxygen atoms in total. The molecule has 0 saturated heterocycles. The zero-order valence-electron chi connectivity index (χ0n) is 9.02. The molecular weight excluding hydrogens is 206 g/mol. The van der Waals surface area contributed by atoms with E-state index in [1.165, 1.54) is 10.9 Å². The van der Waals surface area contributed by atoms with Crippen LogP contribution >= 0.6 is 0 Å². The number of nitrogens with zero attached hydrogens (tertiary/aromatic N) is 2. The van der Waals surface area contributed by atoms with Crippen molar-refractivity contribution < 1.29 is 4.79 Å². The standard InChI is InChI=1S/C11H11N3O2/c1-7-9(11(16)14(2)13-7)10(15)8-4-3-5-12-6-8/h3-6,13H,1-2H3. The number of rotatable bonds is 2. The number of carbonyl (C=O) groups is 1. The molecule has 82 valence electrons. The zero-order valence-corrected chi connectivity index (χ0v) is 9.02. The highest BCUT2D eigenvalue weighted by Gasteiger charge is 2.18. The smallest absolute Gasteiger partial charge is 0.277 e. The number of aromatic amines is 1. The summed E-state index contributed by atoms with van der Waals surface area (Å²) < 4.78 is 1.29. The molecule has 2 aromatic rings. The highest BCUT2D eigenvalue weighted by atomic mass is 16.2. The lowest BCUT2D eigenvalue weighted by Crippen LogP contribution is -2.19. The number of ketones is 1. The fourth-order valence-electron chi connectivity index (χ4n) is 1.60. The molecular formula is C11H11N3O2. The summed E-state index contributed by atoms with van der Waals surface area (Å²) in [5.41, 5.74) is 0.852. The van der Waals surface area contributed by atoms with Gasteiger partial charge < -0.3 is 0 Å². The molecule has 2 rings (SSSR count). The van der Waals surface area contributed by atoms with E-state index < -0.39 is 0 Å². The third-order valence-electron chi connectivity index (χ3n) is 2.38. The second kappa shape index (κ2) is 3.77. The van der Waals surface area contributed by atoms with Crippen molar-refractivity contribution in [3.05, 3.63) is 51.7 Å². The Kier molecular flexibility index (Phi) is 2.44. The first-order valence-corrected chi connectivity index (χ1v) is 4.81. The van der Waals surface area contributed by atoms with Gasteiger partial charge in [-0.1, -0.05) is 0 Å². The van der Waals surface area contributed by atoms with Crippen LogP contribution in [-0.2, 0) is 7.05 Å². The fourth-order valence-corrected chi connectivity index (χ4v) is 1.60. The summed E-state index contributed by atoms with van der Waals surface area (Å²) in [7, 11) is 1.58. The van der Waals surface area contributed by atoms with Gasteiger partial charge in [-0.25, -0.2) is 0 Å². The van der Waals surface area contributed by atoms with Gasteiger partial charge in [-0.15, -0.1) is 0 Å². The summed E-state index contributed by atoms with van der Waals surface area (Å²) in [4.78, 5) is 27.6. The minimum Gasteiger partial charge on any atom is -0.299 e. The number of nitrogens with one attached hydrogen (secondary N) is 1. The van der Waals surface area contributed by atoms with Crippen LogP contribution in [-0.4, -0.2) is 20.5 Å². The van der Waals surface area contributed by atoms with Gasteiger partial charge in [-0.05, 0) is 19.1 Å². The van der Waals surface area contributed by atoms with Crippen molar-refractivity contribution in [2.45, 2.75) is 6.92 Å². The molecule has 2 heterocycles. The topological polar surface area (TPSA) is 67.8 Å². The van der Waals surface area contributed by atoms with Gasteiger partial charge in [0, 0.05) is 30.7 Å². The average molecular weight is 217 g/mol. The second-order valence-electron chi connectivity index (χ2n) is 3.55. The van der Waals surface area contributed by atoms with Crippen LogP contribution in [0.25, 0.3) is 0 Å². The van der Waals surface area contributed by atoms with Crippen LogP contribution in [0, 0.1) is 6.92 Å². The molecule has 5 heteroatoms. The molecule has 0 bridgehead atoms. The number of aryl methyl sites for hydroxylation is 2. The van der Waals surface area contributed by atoms with Gasteiger partial charge in [0.2, 0.25) is 5.78 Å². The normalized spacial score (nSPS) is 10.4. The van der Waals surface area contributed by atoms with Crippen molar-refractivity contribution >= 4 is 5.78 Å². The maximum atomic E-state index is 12.0. The third-order valence-corrected chi connectivity index (χ3v) is 2.38. The molecule has 0 aromatic carbocycles. The molecule has 0 aliphatic carbocycles. The van der Waals surface area contributed by atoms with Gasteiger partial charge >= 0.3 is 0 Å². The molecule has 0 unspecified atom stereocenters. The Morgan fingerprint density at radius 3 is 2.75 bits per heavy atom. The quantitative estimate of drug-likeness (QED) is 0.751. The van der Waals surface area contributed by atoms with E-state index in [0.717, 1.165) is 0 Å².